The SMILES string of the molecule is CCCOC(=O)c1cc(N)ccc1Nc1ccc(Oc2ccccc2)cc1. The van der Waals surface area contributed by atoms with Crippen molar-refractivity contribution < 1.29 is 14.3 Å². The minimum atomic E-state index is -0.393. The van der Waals surface area contributed by atoms with Crippen molar-refractivity contribution in [2.24, 2.45) is 0 Å². The number of ether oxygens (including phenoxy) is 2. The molecule has 0 heterocycles. The average Bonchev–Trinajstić information content (AvgIpc) is 2.69. The van der Waals surface area contributed by atoms with Gasteiger partial charge in [-0.25, -0.2) is 4.79 Å². The van der Waals surface area contributed by atoms with E-state index in [9.17, 15) is 4.79 Å². The van der Waals surface area contributed by atoms with Crippen LogP contribution in [0.3, 0.4) is 0 Å². The standard InChI is InChI=1S/C22H22N2O3/c1-2-14-26-22(25)20-15-16(23)8-13-21(20)24-17-9-11-19(12-10-17)27-18-6-4-3-5-7-18/h3-13,15,24H,2,14,23H2,1H3. The second-order valence-corrected chi connectivity index (χ2v) is 6.01. The number of benzene rings is 3. The molecular weight excluding hydrogens is 340 g/mol. The van der Waals surface area contributed by atoms with E-state index in [4.69, 9.17) is 15.2 Å². The molecule has 5 heteroatoms. The van der Waals surface area contributed by atoms with E-state index >= 15 is 0 Å². The topological polar surface area (TPSA) is 73.6 Å². The molecule has 0 saturated carbocycles. The lowest BCUT2D eigenvalue weighted by Crippen LogP contribution is -2.09. The van der Waals surface area contributed by atoms with Crippen LogP contribution in [0.2, 0.25) is 0 Å². The van der Waals surface area contributed by atoms with Gasteiger partial charge in [-0.05, 0) is 61.0 Å². The third-order valence-electron chi connectivity index (χ3n) is 3.81. The molecule has 0 aliphatic rings. The maximum absolute atomic E-state index is 12.3. The molecule has 0 aliphatic heterocycles. The number of carbonyl (C=O) groups is 1. The molecule has 3 aromatic carbocycles. The van der Waals surface area contributed by atoms with E-state index in [0.29, 0.717) is 23.5 Å². The second kappa shape index (κ2) is 8.76. The number of hydrogen-bond donors (Lipinski definition) is 2. The molecule has 5 nitrogen and oxygen atoms in total. The Morgan fingerprint density at radius 1 is 0.963 bits per heavy atom. The third kappa shape index (κ3) is 5.01. The molecule has 0 aromatic heterocycles. The van der Waals surface area contributed by atoms with Gasteiger partial charge in [0.2, 0.25) is 0 Å². The maximum atomic E-state index is 12.3. The first-order valence-electron chi connectivity index (χ1n) is 8.82. The molecule has 0 bridgehead atoms. The normalized spacial score (nSPS) is 10.3. The molecule has 0 atom stereocenters. The van der Waals surface area contributed by atoms with Gasteiger partial charge in [-0.2, -0.15) is 0 Å². The Hall–Kier alpha value is -3.47. The number of nitrogens with two attached hydrogens (primary N) is 1. The van der Waals surface area contributed by atoms with Gasteiger partial charge in [0.05, 0.1) is 17.9 Å². The first kappa shape index (κ1) is 18.3. The predicted molar refractivity (Wildman–Crippen MR) is 108 cm³/mol. The van der Waals surface area contributed by atoms with Crippen LogP contribution in [0.5, 0.6) is 11.5 Å². The van der Waals surface area contributed by atoms with Gasteiger partial charge in [-0.15, -0.1) is 0 Å². The van der Waals surface area contributed by atoms with Gasteiger partial charge < -0.3 is 20.5 Å². The van der Waals surface area contributed by atoms with Crippen LogP contribution in [0.25, 0.3) is 0 Å². The number of nitrogens with one attached hydrogen (secondary N) is 1. The number of rotatable bonds is 7. The molecule has 0 fully saturated rings. The Balaban J connectivity index is 1.74. The molecule has 3 rings (SSSR count). The van der Waals surface area contributed by atoms with Crippen molar-refractivity contribution in [2.45, 2.75) is 13.3 Å². The van der Waals surface area contributed by atoms with Crippen LogP contribution in [0.15, 0.2) is 72.8 Å². The van der Waals surface area contributed by atoms with E-state index in [0.717, 1.165) is 23.6 Å². The molecule has 0 radical (unpaired) electrons. The minimum absolute atomic E-state index is 0.374. The molecule has 0 spiro atoms. The highest BCUT2D eigenvalue weighted by Gasteiger charge is 2.13. The molecule has 3 N–H and O–H groups in total. The van der Waals surface area contributed by atoms with Gasteiger partial charge in [-0.1, -0.05) is 25.1 Å². The van der Waals surface area contributed by atoms with Crippen LogP contribution in [0.4, 0.5) is 17.1 Å². The Morgan fingerprint density at radius 3 is 2.37 bits per heavy atom. The van der Waals surface area contributed by atoms with Gasteiger partial charge in [0, 0.05) is 11.4 Å². The minimum Gasteiger partial charge on any atom is -0.462 e. The van der Waals surface area contributed by atoms with Crippen molar-refractivity contribution in [3.8, 4) is 11.5 Å². The zero-order chi connectivity index (χ0) is 19.1. The van der Waals surface area contributed by atoms with E-state index in [-0.39, 0.29) is 0 Å². The quantitative estimate of drug-likeness (QED) is 0.436. The Labute approximate surface area is 158 Å². The van der Waals surface area contributed by atoms with Crippen LogP contribution >= 0.6 is 0 Å². The smallest absolute Gasteiger partial charge is 0.340 e. The Bertz CT molecular complexity index is 893. The monoisotopic (exact) mass is 362 g/mol. The van der Waals surface area contributed by atoms with Crippen molar-refractivity contribution >= 4 is 23.0 Å². The molecule has 138 valence electrons. The fraction of sp³-hybridized carbons (Fsp3) is 0.136. The van der Waals surface area contributed by atoms with Crippen molar-refractivity contribution in [1.82, 2.24) is 0 Å². The lowest BCUT2D eigenvalue weighted by Gasteiger charge is -2.13. The van der Waals surface area contributed by atoms with Gasteiger partial charge >= 0.3 is 5.97 Å². The molecule has 3 aromatic rings. The van der Waals surface area contributed by atoms with Gasteiger partial charge in [-0.3, -0.25) is 0 Å². The summed E-state index contributed by atoms with van der Waals surface area (Å²) in [6.45, 7) is 2.32. The third-order valence-corrected chi connectivity index (χ3v) is 3.81. The summed E-state index contributed by atoms with van der Waals surface area (Å²) in [5.41, 5.74) is 8.21. The fourth-order valence-electron chi connectivity index (χ4n) is 2.50. The summed E-state index contributed by atoms with van der Waals surface area (Å²) in [7, 11) is 0. The van der Waals surface area contributed by atoms with Gasteiger partial charge in [0.25, 0.3) is 0 Å². The van der Waals surface area contributed by atoms with Crippen LogP contribution in [0, 0.1) is 0 Å². The molecule has 0 amide bonds. The number of carbonyl (C=O) groups excluding carboxylic acids is 1. The average molecular weight is 362 g/mol. The zero-order valence-electron chi connectivity index (χ0n) is 15.1. The zero-order valence-corrected chi connectivity index (χ0v) is 15.1. The lowest BCUT2D eigenvalue weighted by atomic mass is 10.1. The van der Waals surface area contributed by atoms with Crippen molar-refractivity contribution in [3.63, 3.8) is 0 Å². The summed E-state index contributed by atoms with van der Waals surface area (Å²) >= 11 is 0. The summed E-state index contributed by atoms with van der Waals surface area (Å²) in [4.78, 5) is 12.3. The molecular formula is C22H22N2O3. The van der Waals surface area contributed by atoms with E-state index in [1.165, 1.54) is 0 Å². The first-order chi connectivity index (χ1) is 13.2. The lowest BCUT2D eigenvalue weighted by molar-refractivity contribution is 0.0506. The summed E-state index contributed by atoms with van der Waals surface area (Å²) < 4.78 is 11.0. The number of hydrogen-bond acceptors (Lipinski definition) is 5. The van der Waals surface area contributed by atoms with E-state index in [2.05, 4.69) is 5.32 Å². The van der Waals surface area contributed by atoms with Crippen molar-refractivity contribution in [1.29, 1.82) is 0 Å². The number of para-hydroxylation sites is 1. The Morgan fingerprint density at radius 2 is 1.67 bits per heavy atom. The maximum Gasteiger partial charge on any atom is 0.340 e. The number of anilines is 3. The predicted octanol–water partition coefficient (Wildman–Crippen LogP) is 5.37. The Kier molecular flexibility index (Phi) is 5.94. The second-order valence-electron chi connectivity index (χ2n) is 6.01. The number of nitrogen functional groups attached to an aromatic ring is 1. The highest BCUT2D eigenvalue weighted by molar-refractivity contribution is 5.97. The number of esters is 1. The fourth-order valence-corrected chi connectivity index (χ4v) is 2.50. The van der Waals surface area contributed by atoms with E-state index in [1.54, 1.807) is 18.2 Å². The van der Waals surface area contributed by atoms with Crippen LogP contribution in [0.1, 0.15) is 23.7 Å². The summed E-state index contributed by atoms with van der Waals surface area (Å²) in [6, 6.07) is 22.2. The van der Waals surface area contributed by atoms with E-state index in [1.807, 2.05) is 61.5 Å². The van der Waals surface area contributed by atoms with E-state index < -0.39 is 5.97 Å². The highest BCUT2D eigenvalue weighted by atomic mass is 16.5. The molecule has 27 heavy (non-hydrogen) atoms. The first-order valence-corrected chi connectivity index (χ1v) is 8.82. The van der Waals surface area contributed by atoms with Crippen LogP contribution in [-0.4, -0.2) is 12.6 Å². The largest absolute Gasteiger partial charge is 0.462 e. The highest BCUT2D eigenvalue weighted by Crippen LogP contribution is 2.27. The molecule has 0 aliphatic carbocycles. The summed E-state index contributed by atoms with van der Waals surface area (Å²) in [5.74, 6) is 1.11. The molecule has 0 saturated heterocycles. The summed E-state index contributed by atoms with van der Waals surface area (Å²) in [5, 5.41) is 3.24. The van der Waals surface area contributed by atoms with Gasteiger partial charge in [0.15, 0.2) is 0 Å². The molecule has 0 unspecified atom stereocenters. The van der Waals surface area contributed by atoms with Crippen molar-refractivity contribution in [3.05, 3.63) is 78.4 Å². The van der Waals surface area contributed by atoms with Crippen LogP contribution < -0.4 is 15.8 Å². The van der Waals surface area contributed by atoms with Crippen LogP contribution in [-0.2, 0) is 4.74 Å². The summed E-state index contributed by atoms with van der Waals surface area (Å²) in [6.07, 6.45) is 0.764. The van der Waals surface area contributed by atoms with Gasteiger partial charge in [0.1, 0.15) is 11.5 Å². The van der Waals surface area contributed by atoms with Crippen molar-refractivity contribution in [2.75, 3.05) is 17.7 Å².